The monoisotopic (exact) mass is 266 g/mol. The summed E-state index contributed by atoms with van der Waals surface area (Å²) in [5.74, 6) is 0.892. The normalized spacial score (nSPS) is 16.7. The van der Waals surface area contributed by atoms with Gasteiger partial charge in [-0.1, -0.05) is 11.6 Å². The second-order valence-corrected chi connectivity index (χ2v) is 5.87. The third-order valence-electron chi connectivity index (χ3n) is 3.48. The Hall–Kier alpha value is -0.730. The summed E-state index contributed by atoms with van der Waals surface area (Å²) in [6.45, 7) is 6.47. The van der Waals surface area contributed by atoms with Gasteiger partial charge in [-0.05, 0) is 62.8 Å². The third kappa shape index (κ3) is 3.63. The molecule has 1 aliphatic carbocycles. The van der Waals surface area contributed by atoms with Crippen molar-refractivity contribution in [2.75, 3.05) is 18.0 Å². The topological polar surface area (TPSA) is 29.3 Å². The molecule has 2 N–H and O–H groups in total. The molecule has 0 saturated heterocycles. The van der Waals surface area contributed by atoms with Crippen LogP contribution in [-0.4, -0.2) is 19.1 Å². The zero-order valence-electron chi connectivity index (χ0n) is 11.3. The fourth-order valence-corrected chi connectivity index (χ4v) is 2.58. The van der Waals surface area contributed by atoms with E-state index in [-0.39, 0.29) is 6.04 Å². The van der Waals surface area contributed by atoms with Crippen LogP contribution in [0.1, 0.15) is 32.3 Å². The lowest BCUT2D eigenvalue weighted by molar-refractivity contribution is 0.713. The number of halogens is 1. The van der Waals surface area contributed by atoms with Gasteiger partial charge in [0.1, 0.15) is 0 Å². The second-order valence-electron chi connectivity index (χ2n) is 5.44. The molecule has 0 radical (unpaired) electrons. The number of benzene rings is 1. The fraction of sp³-hybridized carbons (Fsp3) is 0.600. The summed E-state index contributed by atoms with van der Waals surface area (Å²) in [5, 5.41) is 0.803. The van der Waals surface area contributed by atoms with Crippen LogP contribution in [0.5, 0.6) is 0 Å². The zero-order valence-corrected chi connectivity index (χ0v) is 12.1. The lowest BCUT2D eigenvalue weighted by Gasteiger charge is -2.26. The van der Waals surface area contributed by atoms with Crippen LogP contribution in [0.25, 0.3) is 0 Å². The zero-order chi connectivity index (χ0) is 13.1. The highest BCUT2D eigenvalue weighted by molar-refractivity contribution is 6.30. The number of nitrogens with zero attached hydrogens (tertiary/aromatic N) is 1. The third-order valence-corrected chi connectivity index (χ3v) is 3.72. The van der Waals surface area contributed by atoms with Crippen LogP contribution in [-0.2, 0) is 6.42 Å². The van der Waals surface area contributed by atoms with Gasteiger partial charge < -0.3 is 10.6 Å². The lowest BCUT2D eigenvalue weighted by Crippen LogP contribution is -2.27. The maximum Gasteiger partial charge on any atom is 0.0410 e. The molecule has 1 aliphatic rings. The smallest absolute Gasteiger partial charge is 0.0410 e. The van der Waals surface area contributed by atoms with Gasteiger partial charge in [0.2, 0.25) is 0 Å². The lowest BCUT2D eigenvalue weighted by atomic mass is 10.0. The van der Waals surface area contributed by atoms with Gasteiger partial charge in [-0.25, -0.2) is 0 Å². The Kier molecular flexibility index (Phi) is 4.52. The van der Waals surface area contributed by atoms with Crippen LogP contribution in [0.3, 0.4) is 0 Å². The van der Waals surface area contributed by atoms with Gasteiger partial charge in [0, 0.05) is 29.8 Å². The molecule has 1 aromatic carbocycles. The molecule has 1 fully saturated rings. The molecule has 0 heterocycles. The Morgan fingerprint density at radius 3 is 2.72 bits per heavy atom. The van der Waals surface area contributed by atoms with Gasteiger partial charge in [0.25, 0.3) is 0 Å². The molecule has 100 valence electrons. The second kappa shape index (κ2) is 5.94. The molecular weight excluding hydrogens is 244 g/mol. The highest BCUT2D eigenvalue weighted by Gasteiger charge is 2.24. The number of hydrogen-bond acceptors (Lipinski definition) is 2. The summed E-state index contributed by atoms with van der Waals surface area (Å²) in [6, 6.07) is 6.36. The first kappa shape index (κ1) is 13.7. The number of rotatable bonds is 6. The molecule has 0 aromatic heterocycles. The minimum Gasteiger partial charge on any atom is -0.371 e. The molecular formula is C15H23ClN2. The van der Waals surface area contributed by atoms with E-state index in [1.807, 2.05) is 13.0 Å². The summed E-state index contributed by atoms with van der Waals surface area (Å²) in [4.78, 5) is 2.46. The van der Waals surface area contributed by atoms with Crippen LogP contribution in [0.4, 0.5) is 5.69 Å². The van der Waals surface area contributed by atoms with Crippen molar-refractivity contribution in [3.05, 3.63) is 28.8 Å². The number of hydrogen-bond donors (Lipinski definition) is 1. The van der Waals surface area contributed by atoms with Gasteiger partial charge >= 0.3 is 0 Å². The van der Waals surface area contributed by atoms with E-state index in [9.17, 15) is 0 Å². The SMILES string of the molecule is CCN(CC1CC1)c1ccc(Cl)cc1CC(C)N. The first-order valence-corrected chi connectivity index (χ1v) is 7.27. The molecule has 1 aromatic rings. The molecule has 1 saturated carbocycles. The molecule has 0 bridgehead atoms. The van der Waals surface area contributed by atoms with Gasteiger partial charge in [0.15, 0.2) is 0 Å². The van der Waals surface area contributed by atoms with E-state index in [1.54, 1.807) is 0 Å². The average Bonchev–Trinajstić information content (AvgIpc) is 3.10. The first-order valence-electron chi connectivity index (χ1n) is 6.89. The Bertz CT molecular complexity index is 399. The number of anilines is 1. The van der Waals surface area contributed by atoms with E-state index < -0.39 is 0 Å². The molecule has 0 aliphatic heterocycles. The van der Waals surface area contributed by atoms with E-state index in [4.69, 9.17) is 17.3 Å². The molecule has 3 heteroatoms. The quantitative estimate of drug-likeness (QED) is 0.854. The van der Waals surface area contributed by atoms with Gasteiger partial charge in [-0.15, -0.1) is 0 Å². The summed E-state index contributed by atoms with van der Waals surface area (Å²) < 4.78 is 0. The largest absolute Gasteiger partial charge is 0.371 e. The van der Waals surface area contributed by atoms with Crippen LogP contribution in [0, 0.1) is 5.92 Å². The summed E-state index contributed by atoms with van der Waals surface area (Å²) >= 11 is 6.11. The van der Waals surface area contributed by atoms with E-state index in [0.717, 1.165) is 23.9 Å². The first-order chi connectivity index (χ1) is 8.60. The van der Waals surface area contributed by atoms with Crippen molar-refractivity contribution in [2.45, 2.75) is 39.2 Å². The summed E-state index contributed by atoms with van der Waals surface area (Å²) in [7, 11) is 0. The van der Waals surface area contributed by atoms with Crippen molar-refractivity contribution in [2.24, 2.45) is 11.7 Å². The van der Waals surface area contributed by atoms with Gasteiger partial charge in [-0.3, -0.25) is 0 Å². The Morgan fingerprint density at radius 2 is 2.17 bits per heavy atom. The average molecular weight is 267 g/mol. The molecule has 2 nitrogen and oxygen atoms in total. The summed E-state index contributed by atoms with van der Waals surface area (Å²) in [6.07, 6.45) is 3.65. The molecule has 18 heavy (non-hydrogen) atoms. The minimum absolute atomic E-state index is 0.168. The van der Waals surface area contributed by atoms with Crippen LogP contribution < -0.4 is 10.6 Å². The molecule has 2 rings (SSSR count). The van der Waals surface area contributed by atoms with Crippen molar-refractivity contribution in [1.29, 1.82) is 0 Å². The standard InChI is InChI=1S/C15H23ClN2/c1-3-18(10-12-4-5-12)15-7-6-14(16)9-13(15)8-11(2)17/h6-7,9,11-12H,3-5,8,10,17H2,1-2H3. The van der Waals surface area contributed by atoms with Crippen LogP contribution in [0.15, 0.2) is 18.2 Å². The molecule has 1 unspecified atom stereocenters. The van der Waals surface area contributed by atoms with Crippen molar-refractivity contribution >= 4 is 17.3 Å². The van der Waals surface area contributed by atoms with Crippen LogP contribution >= 0.6 is 11.6 Å². The number of nitrogens with two attached hydrogens (primary N) is 1. The van der Waals surface area contributed by atoms with E-state index >= 15 is 0 Å². The fourth-order valence-electron chi connectivity index (χ4n) is 2.38. The maximum absolute atomic E-state index is 6.11. The van der Waals surface area contributed by atoms with Gasteiger partial charge in [-0.2, -0.15) is 0 Å². The Morgan fingerprint density at radius 1 is 1.44 bits per heavy atom. The van der Waals surface area contributed by atoms with Crippen molar-refractivity contribution in [1.82, 2.24) is 0 Å². The highest BCUT2D eigenvalue weighted by atomic mass is 35.5. The Labute approximate surface area is 115 Å². The van der Waals surface area contributed by atoms with E-state index in [2.05, 4.69) is 24.0 Å². The summed E-state index contributed by atoms with van der Waals surface area (Å²) in [5.41, 5.74) is 8.53. The van der Waals surface area contributed by atoms with Crippen LogP contribution in [0.2, 0.25) is 5.02 Å². The maximum atomic E-state index is 6.11. The molecule has 0 amide bonds. The predicted molar refractivity (Wildman–Crippen MR) is 79.4 cm³/mol. The van der Waals surface area contributed by atoms with E-state index in [1.165, 1.54) is 30.6 Å². The molecule has 1 atom stereocenters. The minimum atomic E-state index is 0.168. The predicted octanol–water partition coefficient (Wildman–Crippen LogP) is 3.47. The van der Waals surface area contributed by atoms with Crippen molar-refractivity contribution < 1.29 is 0 Å². The Balaban J connectivity index is 2.22. The van der Waals surface area contributed by atoms with Gasteiger partial charge in [0.05, 0.1) is 0 Å². The van der Waals surface area contributed by atoms with Crippen molar-refractivity contribution in [3.63, 3.8) is 0 Å². The molecule has 0 spiro atoms. The van der Waals surface area contributed by atoms with Crippen molar-refractivity contribution in [3.8, 4) is 0 Å². The highest BCUT2D eigenvalue weighted by Crippen LogP contribution is 2.33. The van der Waals surface area contributed by atoms with E-state index in [0.29, 0.717) is 0 Å².